The van der Waals surface area contributed by atoms with E-state index in [9.17, 15) is 5.11 Å². The third kappa shape index (κ3) is 15.9. The summed E-state index contributed by atoms with van der Waals surface area (Å²) in [6.07, 6.45) is 17.1. The Labute approximate surface area is 120 Å². The van der Waals surface area contributed by atoms with Crippen molar-refractivity contribution in [3.05, 3.63) is 0 Å². The molecule has 2 heteroatoms. The Morgan fingerprint density at radius 3 is 1.47 bits per heavy atom. The van der Waals surface area contributed by atoms with E-state index in [1.807, 2.05) is 0 Å². The topological polar surface area (TPSA) is 40.5 Å². The summed E-state index contributed by atoms with van der Waals surface area (Å²) in [6.45, 7) is 2.49. The summed E-state index contributed by atoms with van der Waals surface area (Å²) in [5, 5.41) is 18.3. The minimum absolute atomic E-state index is 0.0519. The fourth-order valence-corrected chi connectivity index (χ4v) is 2.56. The van der Waals surface area contributed by atoms with Crippen LogP contribution in [0.2, 0.25) is 0 Å². The predicted octanol–water partition coefficient (Wildman–Crippen LogP) is 4.82. The molecule has 0 saturated heterocycles. The summed E-state index contributed by atoms with van der Waals surface area (Å²) in [7, 11) is 0. The van der Waals surface area contributed by atoms with Gasteiger partial charge in [-0.05, 0) is 19.3 Å². The number of unbranched alkanes of at least 4 members (excludes halogenated alkanes) is 10. The maximum Gasteiger partial charge on any atom is 0.0540 e. The zero-order valence-electron chi connectivity index (χ0n) is 13.1. The summed E-state index contributed by atoms with van der Waals surface area (Å²) in [5.41, 5.74) is 0. The zero-order chi connectivity index (χ0) is 14.2. The van der Waals surface area contributed by atoms with E-state index in [0.717, 1.165) is 25.7 Å². The maximum absolute atomic E-state index is 9.59. The highest BCUT2D eigenvalue weighted by atomic mass is 16.3. The monoisotopic (exact) mass is 272 g/mol. The van der Waals surface area contributed by atoms with E-state index in [1.54, 1.807) is 0 Å². The molecule has 2 nitrogen and oxygen atoms in total. The van der Waals surface area contributed by atoms with Gasteiger partial charge in [0, 0.05) is 6.61 Å². The first-order chi connectivity index (χ1) is 9.31. The van der Waals surface area contributed by atoms with Crippen molar-refractivity contribution in [2.24, 2.45) is 0 Å². The summed E-state index contributed by atoms with van der Waals surface area (Å²) < 4.78 is 0. The molecule has 0 spiro atoms. The number of hydrogen-bond acceptors (Lipinski definition) is 2. The number of hydrogen-bond donors (Lipinski definition) is 2. The van der Waals surface area contributed by atoms with E-state index in [0.29, 0.717) is 6.61 Å². The molecule has 0 heterocycles. The van der Waals surface area contributed by atoms with Crippen LogP contribution in [-0.4, -0.2) is 22.9 Å². The van der Waals surface area contributed by atoms with Crippen molar-refractivity contribution >= 4 is 0 Å². The van der Waals surface area contributed by atoms with Crippen LogP contribution in [0.25, 0.3) is 0 Å². The number of rotatable bonds is 15. The van der Waals surface area contributed by atoms with Crippen LogP contribution in [0.15, 0.2) is 0 Å². The molecule has 0 amide bonds. The van der Waals surface area contributed by atoms with Crippen molar-refractivity contribution in [3.63, 3.8) is 0 Å². The van der Waals surface area contributed by atoms with Gasteiger partial charge in [0.1, 0.15) is 0 Å². The van der Waals surface area contributed by atoms with Gasteiger partial charge < -0.3 is 10.2 Å². The van der Waals surface area contributed by atoms with Crippen molar-refractivity contribution in [3.8, 4) is 0 Å². The molecule has 2 N–H and O–H groups in total. The highest BCUT2D eigenvalue weighted by molar-refractivity contribution is 4.55. The Kier molecular flexibility index (Phi) is 15.9. The minimum Gasteiger partial charge on any atom is -0.396 e. The SMILES string of the molecule is CCCC(O)CCCCCCCCCCCCCO. The fraction of sp³-hybridized carbons (Fsp3) is 1.00. The largest absolute Gasteiger partial charge is 0.396 e. The van der Waals surface area contributed by atoms with Crippen molar-refractivity contribution in [1.82, 2.24) is 0 Å². The highest BCUT2D eigenvalue weighted by Gasteiger charge is 2.01. The molecule has 19 heavy (non-hydrogen) atoms. The first kappa shape index (κ1) is 18.9. The normalized spacial score (nSPS) is 12.8. The van der Waals surface area contributed by atoms with Crippen LogP contribution in [0, 0.1) is 0 Å². The van der Waals surface area contributed by atoms with Crippen molar-refractivity contribution < 1.29 is 10.2 Å². The Balaban J connectivity index is 2.99. The summed E-state index contributed by atoms with van der Waals surface area (Å²) in [4.78, 5) is 0. The van der Waals surface area contributed by atoms with Crippen LogP contribution in [-0.2, 0) is 0 Å². The lowest BCUT2D eigenvalue weighted by Gasteiger charge is -2.08. The average molecular weight is 272 g/mol. The van der Waals surface area contributed by atoms with E-state index in [-0.39, 0.29) is 6.10 Å². The van der Waals surface area contributed by atoms with Crippen LogP contribution < -0.4 is 0 Å². The Bertz CT molecular complexity index is 159. The van der Waals surface area contributed by atoms with Crippen molar-refractivity contribution in [2.75, 3.05) is 6.61 Å². The number of aliphatic hydroxyl groups is 2. The molecule has 0 radical (unpaired) electrons. The van der Waals surface area contributed by atoms with Crippen molar-refractivity contribution in [2.45, 2.75) is 103 Å². The second kappa shape index (κ2) is 16.0. The molecule has 0 aliphatic rings. The van der Waals surface area contributed by atoms with Crippen LogP contribution in [0.3, 0.4) is 0 Å². The molecule has 116 valence electrons. The Morgan fingerprint density at radius 1 is 0.632 bits per heavy atom. The van der Waals surface area contributed by atoms with Gasteiger partial charge in [0.05, 0.1) is 6.10 Å². The lowest BCUT2D eigenvalue weighted by atomic mass is 10.0. The molecule has 0 aliphatic heterocycles. The van der Waals surface area contributed by atoms with Gasteiger partial charge >= 0.3 is 0 Å². The number of aliphatic hydroxyl groups excluding tert-OH is 2. The van der Waals surface area contributed by atoms with Gasteiger partial charge in [0.25, 0.3) is 0 Å². The minimum atomic E-state index is -0.0519. The van der Waals surface area contributed by atoms with Crippen molar-refractivity contribution in [1.29, 1.82) is 0 Å². The summed E-state index contributed by atoms with van der Waals surface area (Å²) >= 11 is 0. The fourth-order valence-electron chi connectivity index (χ4n) is 2.56. The standard InChI is InChI=1S/C17H36O2/c1-2-14-17(19)15-12-10-8-6-4-3-5-7-9-11-13-16-18/h17-19H,2-16H2,1H3. The summed E-state index contributed by atoms with van der Waals surface area (Å²) in [5.74, 6) is 0. The van der Waals surface area contributed by atoms with Crippen LogP contribution in [0.1, 0.15) is 96.8 Å². The average Bonchev–Trinajstić information content (AvgIpc) is 2.40. The lowest BCUT2D eigenvalue weighted by molar-refractivity contribution is 0.150. The maximum atomic E-state index is 9.59. The Hall–Kier alpha value is -0.0800. The molecular formula is C17H36O2. The third-order valence-electron chi connectivity index (χ3n) is 3.82. The van der Waals surface area contributed by atoms with Gasteiger partial charge in [-0.15, -0.1) is 0 Å². The van der Waals surface area contributed by atoms with E-state index >= 15 is 0 Å². The quantitative estimate of drug-likeness (QED) is 0.420. The molecule has 1 unspecified atom stereocenters. The lowest BCUT2D eigenvalue weighted by Crippen LogP contribution is -2.04. The van der Waals surface area contributed by atoms with Crippen LogP contribution in [0.5, 0.6) is 0 Å². The molecule has 1 atom stereocenters. The molecule has 0 fully saturated rings. The van der Waals surface area contributed by atoms with Gasteiger partial charge in [-0.1, -0.05) is 77.6 Å². The molecule has 0 bridgehead atoms. The highest BCUT2D eigenvalue weighted by Crippen LogP contribution is 2.13. The van der Waals surface area contributed by atoms with E-state index in [4.69, 9.17) is 5.11 Å². The second-order valence-electron chi connectivity index (χ2n) is 5.84. The molecule has 0 aromatic rings. The summed E-state index contributed by atoms with van der Waals surface area (Å²) in [6, 6.07) is 0. The second-order valence-corrected chi connectivity index (χ2v) is 5.84. The molecule has 0 aliphatic carbocycles. The van der Waals surface area contributed by atoms with Gasteiger partial charge in [-0.25, -0.2) is 0 Å². The molecule has 0 saturated carbocycles. The third-order valence-corrected chi connectivity index (χ3v) is 3.82. The predicted molar refractivity (Wildman–Crippen MR) is 83.4 cm³/mol. The van der Waals surface area contributed by atoms with Gasteiger partial charge in [0.2, 0.25) is 0 Å². The van der Waals surface area contributed by atoms with Gasteiger partial charge in [-0.3, -0.25) is 0 Å². The van der Waals surface area contributed by atoms with E-state index < -0.39 is 0 Å². The smallest absolute Gasteiger partial charge is 0.0540 e. The van der Waals surface area contributed by atoms with Gasteiger partial charge in [-0.2, -0.15) is 0 Å². The van der Waals surface area contributed by atoms with Crippen LogP contribution >= 0.6 is 0 Å². The molecular weight excluding hydrogens is 236 g/mol. The van der Waals surface area contributed by atoms with Crippen LogP contribution in [0.4, 0.5) is 0 Å². The first-order valence-corrected chi connectivity index (χ1v) is 8.60. The molecule has 0 aromatic heterocycles. The zero-order valence-corrected chi connectivity index (χ0v) is 13.1. The van der Waals surface area contributed by atoms with E-state index in [1.165, 1.54) is 64.2 Å². The van der Waals surface area contributed by atoms with Gasteiger partial charge in [0.15, 0.2) is 0 Å². The molecule has 0 aromatic carbocycles. The first-order valence-electron chi connectivity index (χ1n) is 8.60. The van der Waals surface area contributed by atoms with E-state index in [2.05, 4.69) is 6.92 Å². The Morgan fingerprint density at radius 2 is 1.05 bits per heavy atom. The molecule has 0 rings (SSSR count).